The van der Waals surface area contributed by atoms with Gasteiger partial charge >= 0.3 is 0 Å². The van der Waals surface area contributed by atoms with Crippen LogP contribution in [-0.2, 0) is 14.3 Å². The van der Waals surface area contributed by atoms with Gasteiger partial charge in [0, 0.05) is 19.3 Å². The molecule has 1 heterocycles. The molecule has 0 aromatic heterocycles. The van der Waals surface area contributed by atoms with Gasteiger partial charge in [0.1, 0.15) is 0 Å². The largest absolute Gasteiger partial charge is 0.381 e. The number of unbranched alkanes of at least 4 members (excludes halogenated alkanes) is 1. The van der Waals surface area contributed by atoms with Crippen molar-refractivity contribution < 1.29 is 14.3 Å². The third-order valence-electron chi connectivity index (χ3n) is 3.71. The Hall–Kier alpha value is -0.940. The van der Waals surface area contributed by atoms with Gasteiger partial charge in [0.2, 0.25) is 11.8 Å². The molecule has 1 fully saturated rings. The van der Waals surface area contributed by atoms with E-state index in [2.05, 4.69) is 12.2 Å². The van der Waals surface area contributed by atoms with Crippen LogP contribution in [0.1, 0.15) is 52.9 Å². The number of carbonyl (C=O) groups excluding carboxylic acids is 2. The lowest BCUT2D eigenvalue weighted by Crippen LogP contribution is -2.43. The standard InChI is InChI=1S/C15H28N2O3/c1-4-6-9-20-10-7-8-16-13-11-14(18)17(15(13)19)12(3)5-2/h12-13,16H,4-11H2,1-3H3. The smallest absolute Gasteiger partial charge is 0.247 e. The molecule has 1 aliphatic rings. The Morgan fingerprint density at radius 2 is 2.00 bits per heavy atom. The fourth-order valence-corrected chi connectivity index (χ4v) is 2.26. The van der Waals surface area contributed by atoms with Gasteiger partial charge in [-0.2, -0.15) is 0 Å². The maximum atomic E-state index is 12.1. The Bertz CT molecular complexity index is 320. The second-order valence-corrected chi connectivity index (χ2v) is 5.39. The molecule has 0 radical (unpaired) electrons. The molecule has 2 unspecified atom stereocenters. The molecule has 2 atom stereocenters. The van der Waals surface area contributed by atoms with E-state index in [-0.39, 0.29) is 23.9 Å². The van der Waals surface area contributed by atoms with Gasteiger partial charge in [-0.3, -0.25) is 14.5 Å². The summed E-state index contributed by atoms with van der Waals surface area (Å²) in [7, 11) is 0. The minimum Gasteiger partial charge on any atom is -0.381 e. The Kier molecular flexibility index (Phi) is 7.77. The van der Waals surface area contributed by atoms with Crippen molar-refractivity contribution >= 4 is 11.8 Å². The molecule has 0 saturated carbocycles. The summed E-state index contributed by atoms with van der Waals surface area (Å²) in [4.78, 5) is 25.4. The number of likely N-dealkylation sites (tertiary alicyclic amines) is 1. The van der Waals surface area contributed by atoms with E-state index >= 15 is 0 Å². The normalized spacial score (nSPS) is 20.8. The van der Waals surface area contributed by atoms with Gasteiger partial charge in [-0.25, -0.2) is 0 Å². The van der Waals surface area contributed by atoms with Crippen LogP contribution >= 0.6 is 0 Å². The van der Waals surface area contributed by atoms with Crippen LogP contribution in [0.5, 0.6) is 0 Å². The highest BCUT2D eigenvalue weighted by Crippen LogP contribution is 2.17. The number of rotatable bonds is 10. The molecule has 5 nitrogen and oxygen atoms in total. The van der Waals surface area contributed by atoms with Crippen molar-refractivity contribution in [2.45, 2.75) is 65.0 Å². The van der Waals surface area contributed by atoms with E-state index in [1.165, 1.54) is 4.90 Å². The Morgan fingerprint density at radius 1 is 1.30 bits per heavy atom. The number of nitrogens with one attached hydrogen (secondary N) is 1. The zero-order valence-corrected chi connectivity index (χ0v) is 13.0. The molecular weight excluding hydrogens is 256 g/mol. The third kappa shape index (κ3) is 4.87. The van der Waals surface area contributed by atoms with Gasteiger partial charge < -0.3 is 10.1 Å². The molecule has 1 N–H and O–H groups in total. The predicted molar refractivity (Wildman–Crippen MR) is 78.4 cm³/mol. The number of imide groups is 1. The average molecular weight is 284 g/mol. The fourth-order valence-electron chi connectivity index (χ4n) is 2.26. The van der Waals surface area contributed by atoms with E-state index in [1.807, 2.05) is 13.8 Å². The minimum atomic E-state index is -0.341. The van der Waals surface area contributed by atoms with E-state index in [0.29, 0.717) is 19.6 Å². The molecular formula is C15H28N2O3. The SMILES string of the molecule is CCCCOCCCNC1CC(=O)N(C(C)CC)C1=O. The van der Waals surface area contributed by atoms with Gasteiger partial charge in [0.25, 0.3) is 0 Å². The maximum Gasteiger partial charge on any atom is 0.247 e. The fraction of sp³-hybridized carbons (Fsp3) is 0.867. The van der Waals surface area contributed by atoms with Crippen molar-refractivity contribution in [2.24, 2.45) is 0 Å². The molecule has 0 spiro atoms. The number of ether oxygens (including phenoxy) is 1. The van der Waals surface area contributed by atoms with Crippen LogP contribution in [0, 0.1) is 0 Å². The second-order valence-electron chi connectivity index (χ2n) is 5.39. The lowest BCUT2D eigenvalue weighted by Gasteiger charge is -2.21. The highest BCUT2D eigenvalue weighted by molar-refractivity contribution is 6.05. The monoisotopic (exact) mass is 284 g/mol. The van der Waals surface area contributed by atoms with Crippen LogP contribution in [0.3, 0.4) is 0 Å². The predicted octanol–water partition coefficient (Wildman–Crippen LogP) is 1.71. The molecule has 0 aromatic rings. The number of nitrogens with zero attached hydrogens (tertiary/aromatic N) is 1. The first-order chi connectivity index (χ1) is 9.61. The van der Waals surface area contributed by atoms with Gasteiger partial charge in [0.15, 0.2) is 0 Å². The first kappa shape index (κ1) is 17.1. The topological polar surface area (TPSA) is 58.6 Å². The highest BCUT2D eigenvalue weighted by atomic mass is 16.5. The molecule has 1 aliphatic heterocycles. The second kappa shape index (κ2) is 9.08. The Balaban J connectivity index is 2.22. The minimum absolute atomic E-state index is 0.000762. The molecule has 20 heavy (non-hydrogen) atoms. The number of carbonyl (C=O) groups is 2. The van der Waals surface area contributed by atoms with Crippen molar-refractivity contribution in [2.75, 3.05) is 19.8 Å². The molecule has 0 aromatic carbocycles. The van der Waals surface area contributed by atoms with Crippen molar-refractivity contribution in [3.8, 4) is 0 Å². The van der Waals surface area contributed by atoms with Gasteiger partial charge in [-0.15, -0.1) is 0 Å². The van der Waals surface area contributed by atoms with Gasteiger partial charge in [-0.05, 0) is 32.7 Å². The maximum absolute atomic E-state index is 12.1. The van der Waals surface area contributed by atoms with Crippen LogP contribution in [0.4, 0.5) is 0 Å². The molecule has 1 rings (SSSR count). The van der Waals surface area contributed by atoms with Crippen molar-refractivity contribution in [1.29, 1.82) is 0 Å². The van der Waals surface area contributed by atoms with E-state index < -0.39 is 0 Å². The van der Waals surface area contributed by atoms with E-state index in [9.17, 15) is 9.59 Å². The summed E-state index contributed by atoms with van der Waals surface area (Å²) >= 11 is 0. The van der Waals surface area contributed by atoms with Crippen molar-refractivity contribution in [3.05, 3.63) is 0 Å². The molecule has 1 saturated heterocycles. The molecule has 0 bridgehead atoms. The summed E-state index contributed by atoms with van der Waals surface area (Å²) in [6.07, 6.45) is 4.19. The summed E-state index contributed by atoms with van der Waals surface area (Å²) < 4.78 is 5.46. The average Bonchev–Trinajstić information content (AvgIpc) is 2.72. The Morgan fingerprint density at radius 3 is 2.65 bits per heavy atom. The van der Waals surface area contributed by atoms with Crippen molar-refractivity contribution in [1.82, 2.24) is 10.2 Å². The van der Waals surface area contributed by atoms with Crippen LogP contribution in [0.15, 0.2) is 0 Å². The van der Waals surface area contributed by atoms with Crippen LogP contribution in [0.2, 0.25) is 0 Å². The van der Waals surface area contributed by atoms with Gasteiger partial charge in [-0.1, -0.05) is 20.3 Å². The molecule has 0 aliphatic carbocycles. The van der Waals surface area contributed by atoms with E-state index in [0.717, 1.165) is 32.3 Å². The van der Waals surface area contributed by atoms with Crippen LogP contribution < -0.4 is 5.32 Å². The summed E-state index contributed by atoms with van der Waals surface area (Å²) in [6, 6.07) is -0.341. The van der Waals surface area contributed by atoms with Gasteiger partial charge in [0.05, 0.1) is 12.5 Å². The lowest BCUT2D eigenvalue weighted by molar-refractivity contribution is -0.141. The third-order valence-corrected chi connectivity index (χ3v) is 3.71. The summed E-state index contributed by atoms with van der Waals surface area (Å²) in [6.45, 7) is 8.26. The van der Waals surface area contributed by atoms with E-state index in [4.69, 9.17) is 4.74 Å². The van der Waals surface area contributed by atoms with Crippen LogP contribution in [-0.4, -0.2) is 48.6 Å². The summed E-state index contributed by atoms with van der Waals surface area (Å²) in [5, 5.41) is 3.17. The molecule has 116 valence electrons. The zero-order chi connectivity index (χ0) is 15.0. The number of amides is 2. The zero-order valence-electron chi connectivity index (χ0n) is 13.0. The summed E-state index contributed by atoms with van der Waals surface area (Å²) in [5.74, 6) is -0.128. The van der Waals surface area contributed by atoms with Crippen molar-refractivity contribution in [3.63, 3.8) is 0 Å². The summed E-state index contributed by atoms with van der Waals surface area (Å²) in [5.41, 5.74) is 0. The highest BCUT2D eigenvalue weighted by Gasteiger charge is 2.39. The molecule has 2 amide bonds. The first-order valence-electron chi connectivity index (χ1n) is 7.78. The van der Waals surface area contributed by atoms with Crippen LogP contribution in [0.25, 0.3) is 0 Å². The number of hydrogen-bond acceptors (Lipinski definition) is 4. The lowest BCUT2D eigenvalue weighted by atomic mass is 10.2. The first-order valence-corrected chi connectivity index (χ1v) is 7.78. The number of hydrogen-bond donors (Lipinski definition) is 1. The molecule has 5 heteroatoms. The Labute approximate surface area is 122 Å². The van der Waals surface area contributed by atoms with E-state index in [1.54, 1.807) is 0 Å². The quantitative estimate of drug-likeness (QED) is 0.490.